The Bertz CT molecular complexity index is 1110. The number of ether oxygens (including phenoxy) is 3. The van der Waals surface area contributed by atoms with Crippen molar-refractivity contribution >= 4 is 18.0 Å². The van der Waals surface area contributed by atoms with E-state index in [1.807, 2.05) is 38.1 Å². The van der Waals surface area contributed by atoms with E-state index in [2.05, 4.69) is 9.84 Å². The normalized spacial score (nSPS) is 10.8. The summed E-state index contributed by atoms with van der Waals surface area (Å²) >= 11 is 0. The molecule has 154 valence electrons. The molecular formula is C23H22N2O5. The third-order valence-electron chi connectivity index (χ3n) is 4.58. The van der Waals surface area contributed by atoms with Gasteiger partial charge in [0, 0.05) is 6.08 Å². The van der Waals surface area contributed by atoms with Crippen LogP contribution >= 0.6 is 0 Å². The maximum Gasteiger partial charge on any atom is 0.347 e. The van der Waals surface area contributed by atoms with Crippen LogP contribution in [0.2, 0.25) is 0 Å². The molecule has 1 heterocycles. The van der Waals surface area contributed by atoms with Gasteiger partial charge < -0.3 is 14.2 Å². The van der Waals surface area contributed by atoms with Gasteiger partial charge in [0.2, 0.25) is 0 Å². The monoisotopic (exact) mass is 406 g/mol. The van der Waals surface area contributed by atoms with Crippen molar-refractivity contribution < 1.29 is 23.8 Å². The summed E-state index contributed by atoms with van der Waals surface area (Å²) in [4.78, 5) is 24.0. The zero-order valence-corrected chi connectivity index (χ0v) is 17.2. The molecule has 0 atom stereocenters. The Morgan fingerprint density at radius 3 is 2.50 bits per heavy atom. The van der Waals surface area contributed by atoms with Crippen LogP contribution < -0.4 is 9.47 Å². The second-order valence-electron chi connectivity index (χ2n) is 6.50. The van der Waals surface area contributed by atoms with E-state index in [0.717, 1.165) is 11.3 Å². The van der Waals surface area contributed by atoms with Crippen LogP contribution in [0, 0.1) is 13.8 Å². The number of esters is 2. The molecule has 3 aromatic rings. The number of rotatable bonds is 6. The van der Waals surface area contributed by atoms with Crippen LogP contribution in [-0.4, -0.2) is 35.9 Å². The minimum atomic E-state index is -0.538. The lowest BCUT2D eigenvalue weighted by Crippen LogP contribution is -2.11. The molecule has 7 nitrogen and oxygen atoms in total. The lowest BCUT2D eigenvalue weighted by atomic mass is 10.2. The van der Waals surface area contributed by atoms with E-state index in [1.54, 1.807) is 29.0 Å². The Labute approximate surface area is 174 Å². The summed E-state index contributed by atoms with van der Waals surface area (Å²) in [7, 11) is 2.78. The highest BCUT2D eigenvalue weighted by atomic mass is 16.6. The van der Waals surface area contributed by atoms with Gasteiger partial charge in [-0.3, -0.25) is 0 Å². The number of hydrogen-bond acceptors (Lipinski definition) is 6. The zero-order valence-electron chi connectivity index (χ0n) is 17.2. The average molecular weight is 406 g/mol. The summed E-state index contributed by atoms with van der Waals surface area (Å²) in [6.45, 7) is 3.80. The average Bonchev–Trinajstić information content (AvgIpc) is 3.14. The Hall–Kier alpha value is -3.87. The van der Waals surface area contributed by atoms with Crippen LogP contribution in [0.25, 0.3) is 11.8 Å². The van der Waals surface area contributed by atoms with E-state index >= 15 is 0 Å². The molecule has 0 spiro atoms. The smallest absolute Gasteiger partial charge is 0.347 e. The molecule has 0 aliphatic rings. The molecule has 3 rings (SSSR count). The number of aryl methyl sites for hydroxylation is 1. The van der Waals surface area contributed by atoms with Crippen molar-refractivity contribution in [3.8, 4) is 17.2 Å². The molecule has 30 heavy (non-hydrogen) atoms. The number of hydrogen-bond donors (Lipinski definition) is 0. The van der Waals surface area contributed by atoms with Gasteiger partial charge in [-0.2, -0.15) is 5.10 Å². The Morgan fingerprint density at radius 2 is 1.80 bits per heavy atom. The van der Waals surface area contributed by atoms with Gasteiger partial charge in [-0.05, 0) is 49.2 Å². The largest absolute Gasteiger partial charge is 0.493 e. The van der Waals surface area contributed by atoms with Gasteiger partial charge in [-0.15, -0.1) is 0 Å². The fraction of sp³-hybridized carbons (Fsp3) is 0.174. The highest BCUT2D eigenvalue weighted by Crippen LogP contribution is 2.30. The first kappa shape index (κ1) is 20.9. The summed E-state index contributed by atoms with van der Waals surface area (Å²) in [6.07, 6.45) is 4.37. The number of methoxy groups -OCH3 is 2. The van der Waals surface area contributed by atoms with Crippen molar-refractivity contribution in [3.63, 3.8) is 0 Å². The standard InChI is InChI=1S/C23H22N2O5/c1-15-7-5-6-8-19(15)25-16(2)18(14-24-25)23(27)30-20-11-9-17(13-21(20)28-3)10-12-22(26)29-4/h5-14H,1-4H3/b12-10+. The van der Waals surface area contributed by atoms with Crippen LogP contribution in [0.1, 0.15) is 27.2 Å². The minimum absolute atomic E-state index is 0.265. The molecule has 0 unspecified atom stereocenters. The molecule has 0 radical (unpaired) electrons. The fourth-order valence-corrected chi connectivity index (χ4v) is 2.91. The highest BCUT2D eigenvalue weighted by Gasteiger charge is 2.19. The van der Waals surface area contributed by atoms with Gasteiger partial charge in [0.05, 0.1) is 31.8 Å². The molecule has 0 amide bonds. The highest BCUT2D eigenvalue weighted by molar-refractivity contribution is 5.92. The first-order valence-electron chi connectivity index (χ1n) is 9.21. The van der Waals surface area contributed by atoms with Gasteiger partial charge in [0.15, 0.2) is 11.5 Å². The Kier molecular flexibility index (Phi) is 6.32. The first-order valence-corrected chi connectivity index (χ1v) is 9.21. The molecule has 0 N–H and O–H groups in total. The summed E-state index contributed by atoms with van der Waals surface area (Å²) in [5, 5.41) is 4.35. The molecule has 2 aromatic carbocycles. The number of carbonyl (C=O) groups excluding carboxylic acids is 2. The quantitative estimate of drug-likeness (QED) is 0.351. The van der Waals surface area contributed by atoms with E-state index in [0.29, 0.717) is 22.6 Å². The fourth-order valence-electron chi connectivity index (χ4n) is 2.91. The number of carbonyl (C=O) groups is 2. The van der Waals surface area contributed by atoms with Crippen molar-refractivity contribution in [2.45, 2.75) is 13.8 Å². The van der Waals surface area contributed by atoms with E-state index in [1.165, 1.54) is 26.5 Å². The van der Waals surface area contributed by atoms with Crippen LogP contribution in [0.4, 0.5) is 0 Å². The van der Waals surface area contributed by atoms with E-state index < -0.39 is 11.9 Å². The molecule has 0 saturated heterocycles. The lowest BCUT2D eigenvalue weighted by Gasteiger charge is -2.11. The summed E-state index contributed by atoms with van der Waals surface area (Å²) < 4.78 is 17.2. The maximum atomic E-state index is 12.8. The van der Waals surface area contributed by atoms with Gasteiger partial charge in [-0.25, -0.2) is 14.3 Å². The zero-order chi connectivity index (χ0) is 21.7. The molecule has 0 fully saturated rings. The Morgan fingerprint density at radius 1 is 1.03 bits per heavy atom. The molecule has 0 aliphatic carbocycles. The van der Waals surface area contributed by atoms with Crippen molar-refractivity contribution in [2.75, 3.05) is 14.2 Å². The molecule has 0 aliphatic heterocycles. The minimum Gasteiger partial charge on any atom is -0.493 e. The van der Waals surface area contributed by atoms with Crippen molar-refractivity contribution in [2.24, 2.45) is 0 Å². The third-order valence-corrected chi connectivity index (χ3v) is 4.58. The number of para-hydroxylation sites is 1. The molecule has 7 heteroatoms. The predicted molar refractivity (Wildman–Crippen MR) is 112 cm³/mol. The summed E-state index contributed by atoms with van der Waals surface area (Å²) in [5.41, 5.74) is 3.66. The van der Waals surface area contributed by atoms with E-state index in [9.17, 15) is 9.59 Å². The number of nitrogens with zero attached hydrogens (tertiary/aromatic N) is 2. The van der Waals surface area contributed by atoms with Crippen LogP contribution in [0.3, 0.4) is 0 Å². The van der Waals surface area contributed by atoms with Gasteiger partial charge in [-0.1, -0.05) is 24.3 Å². The SMILES string of the molecule is COC(=O)/C=C/c1ccc(OC(=O)c2cnn(-c3ccccc3C)c2C)c(OC)c1. The lowest BCUT2D eigenvalue weighted by molar-refractivity contribution is -0.134. The van der Waals surface area contributed by atoms with Crippen molar-refractivity contribution in [1.29, 1.82) is 0 Å². The second kappa shape index (κ2) is 9.09. The second-order valence-corrected chi connectivity index (χ2v) is 6.50. The summed E-state index contributed by atoms with van der Waals surface area (Å²) in [5.74, 6) is -0.380. The van der Waals surface area contributed by atoms with Crippen LogP contribution in [0.5, 0.6) is 11.5 Å². The topological polar surface area (TPSA) is 79.7 Å². The van der Waals surface area contributed by atoms with Gasteiger partial charge in [0.25, 0.3) is 0 Å². The molecule has 0 saturated carbocycles. The molecule has 1 aromatic heterocycles. The van der Waals surface area contributed by atoms with Gasteiger partial charge >= 0.3 is 11.9 Å². The summed E-state index contributed by atoms with van der Waals surface area (Å²) in [6, 6.07) is 12.8. The Balaban J connectivity index is 1.84. The number of benzene rings is 2. The van der Waals surface area contributed by atoms with E-state index in [-0.39, 0.29) is 5.75 Å². The first-order chi connectivity index (χ1) is 14.4. The van der Waals surface area contributed by atoms with Gasteiger partial charge in [0.1, 0.15) is 5.56 Å². The molecule has 0 bridgehead atoms. The van der Waals surface area contributed by atoms with Crippen molar-refractivity contribution in [3.05, 3.63) is 77.1 Å². The van der Waals surface area contributed by atoms with Crippen LogP contribution in [-0.2, 0) is 9.53 Å². The number of aromatic nitrogens is 2. The molecular weight excluding hydrogens is 384 g/mol. The van der Waals surface area contributed by atoms with Crippen molar-refractivity contribution in [1.82, 2.24) is 9.78 Å². The van der Waals surface area contributed by atoms with Crippen LogP contribution in [0.15, 0.2) is 54.7 Å². The third kappa shape index (κ3) is 4.41. The predicted octanol–water partition coefficient (Wildman–Crippen LogP) is 3.90. The van der Waals surface area contributed by atoms with E-state index in [4.69, 9.17) is 9.47 Å². The maximum absolute atomic E-state index is 12.8.